The van der Waals surface area contributed by atoms with E-state index in [0.717, 1.165) is 10.0 Å². The molecule has 0 spiro atoms. The van der Waals surface area contributed by atoms with Crippen LogP contribution in [-0.2, 0) is 0 Å². The molecule has 0 amide bonds. The number of phenols is 1. The summed E-state index contributed by atoms with van der Waals surface area (Å²) in [6.07, 6.45) is 3.01. The molecule has 0 bridgehead atoms. The number of nitrogens with two attached hydrogens (primary N) is 1. The maximum atomic E-state index is 10.00. The summed E-state index contributed by atoms with van der Waals surface area (Å²) in [4.78, 5) is 13.7. The lowest BCUT2D eigenvalue weighted by atomic mass is 10.1. The van der Waals surface area contributed by atoms with Crippen LogP contribution in [0.5, 0.6) is 5.75 Å². The minimum Gasteiger partial charge on any atom is -0.507 e. The van der Waals surface area contributed by atoms with Gasteiger partial charge in [-0.3, -0.25) is 0 Å². The molecule has 3 rings (SSSR count). The first kappa shape index (κ1) is 23.4. The molecule has 0 saturated carbocycles. The Kier molecular flexibility index (Phi) is 9.95. The predicted molar refractivity (Wildman–Crippen MR) is 121 cm³/mol. The van der Waals surface area contributed by atoms with Gasteiger partial charge in [0.1, 0.15) is 5.75 Å². The summed E-state index contributed by atoms with van der Waals surface area (Å²) >= 11 is 1.50. The van der Waals surface area contributed by atoms with Crippen LogP contribution in [0.2, 0.25) is 0 Å². The molecule has 7 heteroatoms. The van der Waals surface area contributed by atoms with E-state index in [9.17, 15) is 5.11 Å². The van der Waals surface area contributed by atoms with E-state index < -0.39 is 0 Å². The lowest BCUT2D eigenvalue weighted by Gasteiger charge is -2.06. The van der Waals surface area contributed by atoms with Crippen LogP contribution in [0.1, 0.15) is 48.0 Å². The third-order valence-electron chi connectivity index (χ3n) is 3.09. The van der Waals surface area contributed by atoms with Gasteiger partial charge in [0.05, 0.1) is 16.3 Å². The molecule has 2 aromatic heterocycles. The number of thiazole rings is 1. The van der Waals surface area contributed by atoms with Crippen LogP contribution in [0.3, 0.4) is 0 Å². The monoisotopic (exact) mass is 401 g/mol. The predicted octanol–water partition coefficient (Wildman–Crippen LogP) is 5.82. The first-order valence-corrected chi connectivity index (χ1v) is 10.4. The summed E-state index contributed by atoms with van der Waals surface area (Å²) in [5, 5.41) is 14.1. The molecule has 4 N–H and O–H groups in total. The Morgan fingerprint density at radius 2 is 1.71 bits per heavy atom. The molecule has 0 radical (unpaired) electrons. The molecule has 152 valence electrons. The van der Waals surface area contributed by atoms with Crippen LogP contribution in [0.4, 0.5) is 11.1 Å². The molecule has 0 fully saturated rings. The van der Waals surface area contributed by atoms with Gasteiger partial charge in [-0.2, -0.15) is 0 Å². The van der Waals surface area contributed by atoms with Gasteiger partial charge in [0.2, 0.25) is 5.95 Å². The van der Waals surface area contributed by atoms with Gasteiger partial charge in [-0.1, -0.05) is 57.6 Å². The fourth-order valence-electron chi connectivity index (χ4n) is 2.13. The SMILES string of the molecule is CC.CC(C)Nc1ncc(-c2cc(-c3ccccc3O)nc(N)n2)s1.CCC. The molecule has 0 aliphatic rings. The van der Waals surface area contributed by atoms with Crippen LogP contribution >= 0.6 is 11.3 Å². The minimum atomic E-state index is 0.156. The van der Waals surface area contributed by atoms with Gasteiger partial charge in [-0.15, -0.1) is 0 Å². The third-order valence-corrected chi connectivity index (χ3v) is 4.04. The van der Waals surface area contributed by atoms with Crippen LogP contribution in [0, 0.1) is 0 Å². The van der Waals surface area contributed by atoms with Gasteiger partial charge in [0.25, 0.3) is 0 Å². The first-order chi connectivity index (χ1) is 13.4. The average molecular weight is 402 g/mol. The number of anilines is 2. The highest BCUT2D eigenvalue weighted by Crippen LogP contribution is 2.33. The van der Waals surface area contributed by atoms with Crippen LogP contribution < -0.4 is 11.1 Å². The Bertz CT molecular complexity index is 848. The largest absolute Gasteiger partial charge is 0.507 e. The molecule has 28 heavy (non-hydrogen) atoms. The van der Waals surface area contributed by atoms with Crippen molar-refractivity contribution in [1.29, 1.82) is 0 Å². The molecule has 1 aromatic carbocycles. The smallest absolute Gasteiger partial charge is 0.221 e. The number of para-hydroxylation sites is 1. The van der Waals surface area contributed by atoms with Crippen molar-refractivity contribution in [2.45, 2.75) is 54.0 Å². The fraction of sp³-hybridized carbons (Fsp3) is 0.381. The van der Waals surface area contributed by atoms with Gasteiger partial charge >= 0.3 is 0 Å². The summed E-state index contributed by atoms with van der Waals surface area (Å²) in [5.74, 6) is 0.315. The number of aromatic nitrogens is 3. The highest BCUT2D eigenvalue weighted by Gasteiger charge is 2.12. The van der Waals surface area contributed by atoms with E-state index in [1.165, 1.54) is 17.8 Å². The lowest BCUT2D eigenvalue weighted by Crippen LogP contribution is -2.08. The number of rotatable bonds is 4. The van der Waals surface area contributed by atoms with Gasteiger partial charge in [0, 0.05) is 17.8 Å². The number of phenolic OH excluding ortho intramolecular Hbond substituents is 1. The summed E-state index contributed by atoms with van der Waals surface area (Å²) in [7, 11) is 0. The quantitative estimate of drug-likeness (QED) is 0.510. The Morgan fingerprint density at radius 1 is 1.11 bits per heavy atom. The second-order valence-electron chi connectivity index (χ2n) is 6.05. The zero-order valence-corrected chi connectivity index (χ0v) is 18.3. The average Bonchev–Trinajstić information content (AvgIpc) is 3.12. The van der Waals surface area contributed by atoms with Crippen molar-refractivity contribution in [2.24, 2.45) is 0 Å². The van der Waals surface area contributed by atoms with Crippen LogP contribution in [0.15, 0.2) is 36.5 Å². The van der Waals surface area contributed by atoms with E-state index in [0.29, 0.717) is 23.0 Å². The molecule has 0 atom stereocenters. The Hall–Kier alpha value is -2.67. The van der Waals surface area contributed by atoms with Crippen LogP contribution in [0.25, 0.3) is 21.8 Å². The van der Waals surface area contributed by atoms with Crippen molar-refractivity contribution < 1.29 is 5.11 Å². The number of hydrogen-bond donors (Lipinski definition) is 3. The number of benzene rings is 1. The number of nitrogen functional groups attached to an aromatic ring is 1. The number of nitrogens with one attached hydrogen (secondary N) is 1. The molecule has 0 aliphatic carbocycles. The number of nitrogens with zero attached hydrogens (tertiary/aromatic N) is 3. The molecular weight excluding hydrogens is 370 g/mol. The van der Waals surface area contributed by atoms with Crippen molar-refractivity contribution in [2.75, 3.05) is 11.1 Å². The normalized spacial score (nSPS) is 9.82. The molecule has 0 saturated heterocycles. The second kappa shape index (κ2) is 11.9. The molecule has 6 nitrogen and oxygen atoms in total. The zero-order valence-electron chi connectivity index (χ0n) is 17.5. The highest BCUT2D eigenvalue weighted by atomic mass is 32.1. The van der Waals surface area contributed by atoms with Crippen molar-refractivity contribution in [3.05, 3.63) is 36.5 Å². The molecule has 0 aliphatic heterocycles. The van der Waals surface area contributed by atoms with Gasteiger partial charge in [-0.25, -0.2) is 15.0 Å². The summed E-state index contributed by atoms with van der Waals surface area (Å²) in [6.45, 7) is 12.4. The van der Waals surface area contributed by atoms with E-state index in [-0.39, 0.29) is 11.7 Å². The Balaban J connectivity index is 0.000000717. The lowest BCUT2D eigenvalue weighted by molar-refractivity contribution is 0.477. The maximum absolute atomic E-state index is 10.00. The van der Waals surface area contributed by atoms with E-state index in [2.05, 4.69) is 48.0 Å². The number of hydrogen-bond acceptors (Lipinski definition) is 7. The third kappa shape index (κ3) is 6.81. The van der Waals surface area contributed by atoms with Crippen molar-refractivity contribution in [3.63, 3.8) is 0 Å². The van der Waals surface area contributed by atoms with E-state index in [1.54, 1.807) is 30.5 Å². The van der Waals surface area contributed by atoms with Crippen LogP contribution in [-0.4, -0.2) is 26.1 Å². The Morgan fingerprint density at radius 3 is 2.32 bits per heavy atom. The summed E-state index contributed by atoms with van der Waals surface area (Å²) < 4.78 is 0. The maximum Gasteiger partial charge on any atom is 0.221 e. The molecular formula is C21H31N5OS. The van der Waals surface area contributed by atoms with E-state index in [1.807, 2.05) is 19.9 Å². The highest BCUT2D eigenvalue weighted by molar-refractivity contribution is 7.18. The molecule has 0 unspecified atom stereocenters. The van der Waals surface area contributed by atoms with Crippen molar-refractivity contribution in [3.8, 4) is 27.6 Å². The van der Waals surface area contributed by atoms with Gasteiger partial charge in [-0.05, 0) is 32.0 Å². The second-order valence-corrected chi connectivity index (χ2v) is 7.08. The van der Waals surface area contributed by atoms with Crippen molar-refractivity contribution >= 4 is 22.4 Å². The summed E-state index contributed by atoms with van der Waals surface area (Å²) in [5.41, 5.74) is 7.72. The standard InChI is InChI=1S/C16H17N5OS.C3H8.C2H6/c1-9(2)19-16-18-8-14(23-16)12-7-11(20-15(17)21-12)10-5-3-4-6-13(10)22;1-3-2;1-2/h3-9,22H,1-2H3,(H,18,19)(H2,17,20,21);3H2,1-2H3;1-2H3. The topological polar surface area (TPSA) is 97.0 Å². The fourth-order valence-corrected chi connectivity index (χ4v) is 3.05. The van der Waals surface area contributed by atoms with E-state index in [4.69, 9.17) is 5.73 Å². The summed E-state index contributed by atoms with van der Waals surface area (Å²) in [6, 6.07) is 9.12. The van der Waals surface area contributed by atoms with Gasteiger partial charge in [0.15, 0.2) is 5.13 Å². The van der Waals surface area contributed by atoms with Gasteiger partial charge < -0.3 is 16.2 Å². The number of aromatic hydroxyl groups is 1. The van der Waals surface area contributed by atoms with E-state index >= 15 is 0 Å². The minimum absolute atomic E-state index is 0.156. The first-order valence-electron chi connectivity index (χ1n) is 9.60. The Labute approximate surface area is 171 Å². The molecule has 3 aromatic rings. The molecule has 2 heterocycles. The van der Waals surface area contributed by atoms with Crippen molar-refractivity contribution in [1.82, 2.24) is 15.0 Å². The zero-order chi connectivity index (χ0) is 21.1.